The first kappa shape index (κ1) is 15.8. The highest BCUT2D eigenvalue weighted by Gasteiger charge is 2.33. The van der Waals surface area contributed by atoms with Crippen LogP contribution in [0.2, 0.25) is 0 Å². The van der Waals surface area contributed by atoms with Gasteiger partial charge in [0.2, 0.25) is 0 Å². The summed E-state index contributed by atoms with van der Waals surface area (Å²) in [4.78, 5) is 14.6. The van der Waals surface area contributed by atoms with Gasteiger partial charge in [-0.05, 0) is 18.1 Å². The zero-order chi connectivity index (χ0) is 15.4. The lowest BCUT2D eigenvalue weighted by atomic mass is 9.98. The number of carbonyl (C=O) groups is 1. The molecule has 5 nitrogen and oxygen atoms in total. The van der Waals surface area contributed by atoms with Gasteiger partial charge in [0.25, 0.3) is 5.91 Å². The number of para-hydroxylation sites is 1. The third kappa shape index (κ3) is 3.36. The van der Waals surface area contributed by atoms with Crippen LogP contribution >= 0.6 is 0 Å². The van der Waals surface area contributed by atoms with E-state index in [-0.39, 0.29) is 24.6 Å². The van der Waals surface area contributed by atoms with E-state index >= 15 is 0 Å². The van der Waals surface area contributed by atoms with Crippen LogP contribution in [0.5, 0.6) is 5.75 Å². The van der Waals surface area contributed by atoms with Crippen LogP contribution in [0.25, 0.3) is 0 Å². The van der Waals surface area contributed by atoms with Gasteiger partial charge in [0.1, 0.15) is 5.75 Å². The van der Waals surface area contributed by atoms with Crippen molar-refractivity contribution in [2.45, 2.75) is 25.9 Å². The molecule has 0 saturated carbocycles. The summed E-state index contributed by atoms with van der Waals surface area (Å²) in [7, 11) is 1.56. The second-order valence-electron chi connectivity index (χ2n) is 5.75. The summed E-state index contributed by atoms with van der Waals surface area (Å²) in [6, 6.07) is 7.26. The average Bonchev–Trinajstić information content (AvgIpc) is 2.53. The third-order valence-electron chi connectivity index (χ3n) is 4.06. The van der Waals surface area contributed by atoms with E-state index in [4.69, 9.17) is 4.74 Å². The Morgan fingerprint density at radius 3 is 2.81 bits per heavy atom. The molecule has 1 fully saturated rings. The Bertz CT molecular complexity index is 490. The monoisotopic (exact) mass is 292 g/mol. The minimum atomic E-state index is -0.197. The van der Waals surface area contributed by atoms with Gasteiger partial charge in [-0.15, -0.1) is 0 Å². The Morgan fingerprint density at radius 1 is 1.48 bits per heavy atom. The van der Waals surface area contributed by atoms with Crippen molar-refractivity contribution in [1.29, 1.82) is 0 Å². The maximum absolute atomic E-state index is 12.8. The number of carbonyl (C=O) groups excluding carboxylic acids is 1. The van der Waals surface area contributed by atoms with Crippen LogP contribution in [-0.4, -0.2) is 54.8 Å². The Balaban J connectivity index is 2.25. The summed E-state index contributed by atoms with van der Waals surface area (Å²) in [5.74, 6) is 0.912. The van der Waals surface area contributed by atoms with Crippen LogP contribution in [0.1, 0.15) is 24.2 Å². The molecule has 5 heteroatoms. The summed E-state index contributed by atoms with van der Waals surface area (Å²) in [5.41, 5.74) is 0.544. The first-order valence-electron chi connectivity index (χ1n) is 7.36. The lowest BCUT2D eigenvalue weighted by Gasteiger charge is -2.41. The largest absolute Gasteiger partial charge is 0.496 e. The molecule has 116 valence electrons. The van der Waals surface area contributed by atoms with Gasteiger partial charge >= 0.3 is 0 Å². The summed E-state index contributed by atoms with van der Waals surface area (Å²) in [6.45, 7) is 5.42. The highest BCUT2D eigenvalue weighted by Crippen LogP contribution is 2.22. The number of piperazine rings is 1. The van der Waals surface area contributed by atoms with Gasteiger partial charge in [0.05, 0.1) is 25.3 Å². The molecule has 0 radical (unpaired) electrons. The molecule has 1 aliphatic heterocycles. The highest BCUT2D eigenvalue weighted by molar-refractivity contribution is 5.97. The van der Waals surface area contributed by atoms with E-state index in [2.05, 4.69) is 19.2 Å². The van der Waals surface area contributed by atoms with Crippen molar-refractivity contribution in [2.24, 2.45) is 5.92 Å². The second kappa shape index (κ2) is 6.91. The maximum atomic E-state index is 12.8. The van der Waals surface area contributed by atoms with Gasteiger partial charge in [-0.25, -0.2) is 0 Å². The molecule has 0 bridgehead atoms. The fraction of sp³-hybridized carbons (Fsp3) is 0.562. The average molecular weight is 292 g/mol. The topological polar surface area (TPSA) is 61.8 Å². The van der Waals surface area contributed by atoms with Crippen LogP contribution in [0.3, 0.4) is 0 Å². The highest BCUT2D eigenvalue weighted by atomic mass is 16.5. The van der Waals surface area contributed by atoms with Crippen LogP contribution in [0.15, 0.2) is 24.3 Å². The van der Waals surface area contributed by atoms with E-state index in [9.17, 15) is 9.90 Å². The zero-order valence-electron chi connectivity index (χ0n) is 12.9. The molecule has 2 rings (SSSR count). The molecule has 1 aromatic carbocycles. The summed E-state index contributed by atoms with van der Waals surface area (Å²) in [5, 5.41) is 12.9. The first-order chi connectivity index (χ1) is 10.1. The standard InChI is InChI=1S/C16H24N2O3/c1-11(2)14-9-18(12(10-19)8-17-14)16(20)13-6-4-5-7-15(13)21-3/h4-7,11-12,14,17,19H,8-10H2,1-3H3. The smallest absolute Gasteiger partial charge is 0.258 e. The molecule has 0 spiro atoms. The number of nitrogens with zero attached hydrogens (tertiary/aromatic N) is 1. The van der Waals surface area contributed by atoms with Gasteiger partial charge in [0.15, 0.2) is 0 Å². The quantitative estimate of drug-likeness (QED) is 0.873. The van der Waals surface area contributed by atoms with Gasteiger partial charge in [-0.3, -0.25) is 4.79 Å². The van der Waals surface area contributed by atoms with Crippen molar-refractivity contribution < 1.29 is 14.6 Å². The first-order valence-corrected chi connectivity index (χ1v) is 7.36. The number of aliphatic hydroxyl groups is 1. The Morgan fingerprint density at radius 2 is 2.19 bits per heavy atom. The molecule has 1 heterocycles. The normalized spacial score (nSPS) is 22.4. The van der Waals surface area contributed by atoms with Gasteiger partial charge < -0.3 is 20.1 Å². The summed E-state index contributed by atoms with van der Waals surface area (Å²) < 4.78 is 5.27. The number of hydrogen-bond acceptors (Lipinski definition) is 4. The predicted octanol–water partition coefficient (Wildman–Crippen LogP) is 1.13. The Kier molecular flexibility index (Phi) is 5.20. The van der Waals surface area contributed by atoms with Crippen LogP contribution in [0, 0.1) is 5.92 Å². The molecular formula is C16H24N2O3. The molecule has 21 heavy (non-hydrogen) atoms. The molecule has 1 aliphatic rings. The van der Waals surface area contributed by atoms with Crippen molar-refractivity contribution in [3.05, 3.63) is 29.8 Å². The van der Waals surface area contributed by atoms with E-state index in [0.29, 0.717) is 30.3 Å². The third-order valence-corrected chi connectivity index (χ3v) is 4.06. The molecule has 2 unspecified atom stereocenters. The van der Waals surface area contributed by atoms with Gasteiger partial charge in [0, 0.05) is 19.1 Å². The summed E-state index contributed by atoms with van der Waals surface area (Å²) in [6.07, 6.45) is 0. The minimum absolute atomic E-state index is 0.0430. The predicted molar refractivity (Wildman–Crippen MR) is 81.5 cm³/mol. The molecule has 1 aromatic rings. The van der Waals surface area contributed by atoms with Crippen LogP contribution in [0.4, 0.5) is 0 Å². The number of aliphatic hydroxyl groups excluding tert-OH is 1. The molecule has 2 N–H and O–H groups in total. The molecule has 0 aliphatic carbocycles. The molecule has 1 saturated heterocycles. The Hall–Kier alpha value is -1.59. The van der Waals surface area contributed by atoms with Gasteiger partial charge in [-0.1, -0.05) is 26.0 Å². The van der Waals surface area contributed by atoms with E-state index in [1.807, 2.05) is 12.1 Å². The number of ether oxygens (including phenoxy) is 1. The number of hydrogen-bond donors (Lipinski definition) is 2. The van der Waals surface area contributed by atoms with E-state index < -0.39 is 0 Å². The fourth-order valence-corrected chi connectivity index (χ4v) is 2.66. The maximum Gasteiger partial charge on any atom is 0.258 e. The number of benzene rings is 1. The van der Waals surface area contributed by atoms with Crippen molar-refractivity contribution in [1.82, 2.24) is 10.2 Å². The van der Waals surface area contributed by atoms with Crippen molar-refractivity contribution in [2.75, 3.05) is 26.8 Å². The minimum Gasteiger partial charge on any atom is -0.496 e. The van der Waals surface area contributed by atoms with Crippen LogP contribution < -0.4 is 10.1 Å². The molecular weight excluding hydrogens is 268 g/mol. The molecule has 0 aromatic heterocycles. The number of rotatable bonds is 4. The lowest BCUT2D eigenvalue weighted by Crippen LogP contribution is -2.60. The lowest BCUT2D eigenvalue weighted by molar-refractivity contribution is 0.0431. The van der Waals surface area contributed by atoms with Crippen molar-refractivity contribution in [3.63, 3.8) is 0 Å². The van der Waals surface area contributed by atoms with Crippen molar-refractivity contribution in [3.8, 4) is 5.75 Å². The second-order valence-corrected chi connectivity index (χ2v) is 5.75. The fourth-order valence-electron chi connectivity index (χ4n) is 2.66. The number of amides is 1. The van der Waals surface area contributed by atoms with E-state index in [0.717, 1.165) is 0 Å². The summed E-state index contributed by atoms with van der Waals surface area (Å²) >= 11 is 0. The molecule has 1 amide bonds. The SMILES string of the molecule is COc1ccccc1C(=O)N1CC(C(C)C)NCC1CO. The van der Waals surface area contributed by atoms with Gasteiger partial charge in [-0.2, -0.15) is 0 Å². The Labute approximate surface area is 125 Å². The molecule has 2 atom stereocenters. The zero-order valence-corrected chi connectivity index (χ0v) is 12.9. The number of methoxy groups -OCH3 is 1. The number of nitrogens with one attached hydrogen (secondary N) is 1. The van der Waals surface area contributed by atoms with Crippen LogP contribution in [-0.2, 0) is 0 Å². The van der Waals surface area contributed by atoms with E-state index in [1.165, 1.54) is 0 Å². The van der Waals surface area contributed by atoms with E-state index in [1.54, 1.807) is 24.1 Å². The van der Waals surface area contributed by atoms with Crippen molar-refractivity contribution >= 4 is 5.91 Å².